The Hall–Kier alpha value is -1.97. The van der Waals surface area contributed by atoms with Crippen molar-refractivity contribution in [1.29, 1.82) is 0 Å². The van der Waals surface area contributed by atoms with Crippen LogP contribution in [0.1, 0.15) is 61.3 Å². The Morgan fingerprint density at radius 1 is 1.11 bits per heavy atom. The first-order valence-electron chi connectivity index (χ1n) is 10.1. The first-order chi connectivity index (χ1) is 13.6. The van der Waals surface area contributed by atoms with Crippen LogP contribution >= 0.6 is 11.6 Å². The van der Waals surface area contributed by atoms with Crippen molar-refractivity contribution in [3.8, 4) is 5.75 Å². The summed E-state index contributed by atoms with van der Waals surface area (Å²) in [6.07, 6.45) is 6.25. The molecule has 28 heavy (non-hydrogen) atoms. The Kier molecular flexibility index (Phi) is 5.93. The molecule has 4 heteroatoms. The predicted molar refractivity (Wildman–Crippen MR) is 112 cm³/mol. The minimum atomic E-state index is -0.345. The van der Waals surface area contributed by atoms with Gasteiger partial charge in [-0.3, -0.25) is 0 Å². The van der Waals surface area contributed by atoms with Crippen molar-refractivity contribution < 1.29 is 14.6 Å². The lowest BCUT2D eigenvalue weighted by molar-refractivity contribution is -0.00194. The van der Waals surface area contributed by atoms with Crippen LogP contribution < -0.4 is 4.74 Å². The summed E-state index contributed by atoms with van der Waals surface area (Å²) in [5.74, 6) is 1.87. The summed E-state index contributed by atoms with van der Waals surface area (Å²) in [4.78, 5) is 0. The largest absolute Gasteiger partial charge is 0.497 e. The molecule has 1 aliphatic heterocycles. The molecule has 3 nitrogen and oxygen atoms in total. The molecule has 1 heterocycles. The molecule has 2 atom stereocenters. The average molecular weight is 399 g/mol. The Morgan fingerprint density at radius 3 is 2.57 bits per heavy atom. The second-order valence-electron chi connectivity index (χ2n) is 7.81. The number of ether oxygens (including phenoxy) is 2. The second kappa shape index (κ2) is 8.59. The van der Waals surface area contributed by atoms with Crippen molar-refractivity contribution in [2.75, 3.05) is 7.11 Å². The summed E-state index contributed by atoms with van der Waals surface area (Å²) in [5.41, 5.74) is 4.74. The van der Waals surface area contributed by atoms with Gasteiger partial charge in [0, 0.05) is 17.9 Å². The highest BCUT2D eigenvalue weighted by Gasteiger charge is 2.29. The number of rotatable bonds is 4. The molecular weight excluding hydrogens is 372 g/mol. The monoisotopic (exact) mass is 398 g/mol. The molecule has 0 bridgehead atoms. The molecular formula is C24H27ClO3. The van der Waals surface area contributed by atoms with Gasteiger partial charge in [-0.1, -0.05) is 35.9 Å². The number of hydrogen-bond acceptors (Lipinski definition) is 3. The van der Waals surface area contributed by atoms with Crippen molar-refractivity contribution in [3.05, 3.63) is 75.5 Å². The molecule has 1 aliphatic carbocycles. The SMILES string of the molecule is COc1ccc(Cc2cc(C3CC(O)CC(=C4CCCC4)O3)ccc2Cl)cc1. The van der Waals surface area contributed by atoms with E-state index >= 15 is 0 Å². The Labute approximate surface area is 171 Å². The molecule has 1 saturated carbocycles. The summed E-state index contributed by atoms with van der Waals surface area (Å²) in [5, 5.41) is 11.2. The first kappa shape index (κ1) is 19.4. The van der Waals surface area contributed by atoms with Crippen LogP contribution in [0.25, 0.3) is 0 Å². The van der Waals surface area contributed by atoms with Crippen molar-refractivity contribution >= 4 is 11.6 Å². The number of methoxy groups -OCH3 is 1. The van der Waals surface area contributed by atoms with Gasteiger partial charge in [-0.25, -0.2) is 0 Å². The van der Waals surface area contributed by atoms with Crippen LogP contribution in [0, 0.1) is 0 Å². The van der Waals surface area contributed by atoms with Gasteiger partial charge in [0.15, 0.2) is 0 Å². The minimum Gasteiger partial charge on any atom is -0.497 e. The van der Waals surface area contributed by atoms with Crippen molar-refractivity contribution in [2.24, 2.45) is 0 Å². The van der Waals surface area contributed by atoms with Gasteiger partial charge in [0.05, 0.1) is 19.0 Å². The maximum Gasteiger partial charge on any atom is 0.126 e. The molecule has 2 aromatic carbocycles. The zero-order chi connectivity index (χ0) is 19.5. The molecule has 0 radical (unpaired) electrons. The van der Waals surface area contributed by atoms with Crippen LogP contribution in [0.3, 0.4) is 0 Å². The lowest BCUT2D eigenvalue weighted by atomic mass is 9.94. The predicted octanol–water partition coefficient (Wildman–Crippen LogP) is 5.98. The summed E-state index contributed by atoms with van der Waals surface area (Å²) in [6.45, 7) is 0. The second-order valence-corrected chi connectivity index (χ2v) is 8.22. The van der Waals surface area contributed by atoms with E-state index in [4.69, 9.17) is 21.1 Å². The third-order valence-electron chi connectivity index (χ3n) is 5.79. The Morgan fingerprint density at radius 2 is 1.86 bits per heavy atom. The molecule has 0 spiro atoms. The minimum absolute atomic E-state index is 0.112. The van der Waals surface area contributed by atoms with Crippen LogP contribution in [0.2, 0.25) is 5.02 Å². The van der Waals surface area contributed by atoms with Crippen molar-refractivity contribution in [3.63, 3.8) is 0 Å². The van der Waals surface area contributed by atoms with Gasteiger partial charge in [-0.05, 0) is 72.6 Å². The maximum atomic E-state index is 10.4. The van der Waals surface area contributed by atoms with Gasteiger partial charge in [0.1, 0.15) is 11.9 Å². The topological polar surface area (TPSA) is 38.7 Å². The van der Waals surface area contributed by atoms with E-state index in [0.717, 1.165) is 46.9 Å². The Bertz CT molecular complexity index is 849. The quantitative estimate of drug-likeness (QED) is 0.688. The fourth-order valence-corrected chi connectivity index (χ4v) is 4.40. The molecule has 148 valence electrons. The number of halogens is 1. The lowest BCUT2D eigenvalue weighted by Crippen LogP contribution is -2.23. The average Bonchev–Trinajstić information content (AvgIpc) is 3.25. The van der Waals surface area contributed by atoms with E-state index in [1.807, 2.05) is 24.3 Å². The first-order valence-corrected chi connectivity index (χ1v) is 10.5. The molecule has 0 amide bonds. The zero-order valence-corrected chi connectivity index (χ0v) is 17.0. The van der Waals surface area contributed by atoms with Crippen molar-refractivity contribution in [1.82, 2.24) is 0 Å². The van der Waals surface area contributed by atoms with E-state index in [0.29, 0.717) is 12.8 Å². The third-order valence-corrected chi connectivity index (χ3v) is 6.16. The summed E-state index contributed by atoms with van der Waals surface area (Å²) in [7, 11) is 1.67. The van der Waals surface area contributed by atoms with E-state index in [2.05, 4.69) is 18.2 Å². The summed E-state index contributed by atoms with van der Waals surface area (Å²) < 4.78 is 11.6. The summed E-state index contributed by atoms with van der Waals surface area (Å²) in [6, 6.07) is 14.2. The maximum absolute atomic E-state index is 10.4. The molecule has 1 N–H and O–H groups in total. The fraction of sp³-hybridized carbons (Fsp3) is 0.417. The molecule has 2 aliphatic rings. The molecule has 2 aromatic rings. The third kappa shape index (κ3) is 4.37. The Balaban J connectivity index is 1.56. The number of allylic oxidation sites excluding steroid dienone is 1. The highest BCUT2D eigenvalue weighted by atomic mass is 35.5. The normalized spacial score (nSPS) is 22.2. The van der Waals surface area contributed by atoms with Crippen LogP contribution in [0.5, 0.6) is 5.75 Å². The number of aliphatic hydroxyl groups excluding tert-OH is 1. The van der Waals surface area contributed by atoms with E-state index < -0.39 is 0 Å². The summed E-state index contributed by atoms with van der Waals surface area (Å²) >= 11 is 6.48. The molecule has 0 aromatic heterocycles. The number of aliphatic hydroxyl groups is 1. The smallest absolute Gasteiger partial charge is 0.126 e. The molecule has 2 fully saturated rings. The number of hydrogen-bond donors (Lipinski definition) is 1. The van der Waals surface area contributed by atoms with Gasteiger partial charge in [-0.2, -0.15) is 0 Å². The van der Waals surface area contributed by atoms with Gasteiger partial charge in [0.25, 0.3) is 0 Å². The van der Waals surface area contributed by atoms with E-state index in [9.17, 15) is 5.11 Å². The zero-order valence-electron chi connectivity index (χ0n) is 16.3. The molecule has 4 rings (SSSR count). The molecule has 1 saturated heterocycles. The number of benzene rings is 2. The highest BCUT2D eigenvalue weighted by molar-refractivity contribution is 6.31. The van der Waals surface area contributed by atoms with Crippen LogP contribution in [-0.2, 0) is 11.2 Å². The van der Waals surface area contributed by atoms with Crippen molar-refractivity contribution in [2.45, 2.75) is 57.2 Å². The van der Waals surface area contributed by atoms with Gasteiger partial charge < -0.3 is 14.6 Å². The lowest BCUT2D eigenvalue weighted by Gasteiger charge is -2.31. The van der Waals surface area contributed by atoms with Gasteiger partial charge in [0.2, 0.25) is 0 Å². The molecule has 2 unspecified atom stereocenters. The van der Waals surface area contributed by atoms with E-state index in [-0.39, 0.29) is 12.2 Å². The van der Waals surface area contributed by atoms with Crippen LogP contribution in [0.4, 0.5) is 0 Å². The fourth-order valence-electron chi connectivity index (χ4n) is 4.22. The van der Waals surface area contributed by atoms with Crippen LogP contribution in [-0.4, -0.2) is 18.3 Å². The van der Waals surface area contributed by atoms with Gasteiger partial charge in [-0.15, -0.1) is 0 Å². The van der Waals surface area contributed by atoms with Crippen LogP contribution in [0.15, 0.2) is 53.8 Å². The van der Waals surface area contributed by atoms with E-state index in [1.165, 1.54) is 24.0 Å². The standard InChI is InChI=1S/C24H27ClO3/c1-27-21-9-6-16(7-10-21)12-19-13-18(8-11-22(19)25)24-15-20(26)14-23(28-24)17-4-2-3-5-17/h6-11,13,20,24,26H,2-5,12,14-15H2,1H3. The van der Waals surface area contributed by atoms with Gasteiger partial charge >= 0.3 is 0 Å². The van der Waals surface area contributed by atoms with E-state index in [1.54, 1.807) is 7.11 Å². The highest BCUT2D eigenvalue weighted by Crippen LogP contribution is 2.39.